The van der Waals surface area contributed by atoms with Gasteiger partial charge in [-0.2, -0.15) is 13.2 Å². The molecule has 35 heavy (non-hydrogen) atoms. The van der Waals surface area contributed by atoms with Crippen molar-refractivity contribution in [2.45, 2.75) is 41.8 Å². The fourth-order valence-electron chi connectivity index (χ4n) is 3.31. The molecule has 1 saturated heterocycles. The van der Waals surface area contributed by atoms with Gasteiger partial charge in [0.1, 0.15) is 30.2 Å². The van der Waals surface area contributed by atoms with E-state index in [9.17, 15) is 31.8 Å². The van der Waals surface area contributed by atoms with E-state index in [1.54, 1.807) is 24.3 Å². The molecule has 0 bridgehead atoms. The number of benzene rings is 2. The Hall–Kier alpha value is -1.75. The average molecular weight is 629 g/mol. The third-order valence-corrected chi connectivity index (χ3v) is 7.20. The van der Waals surface area contributed by atoms with E-state index in [1.807, 2.05) is 0 Å². The minimum absolute atomic E-state index is 0.0300. The number of sulfonamides is 1. The van der Waals surface area contributed by atoms with Crippen molar-refractivity contribution in [3.05, 3.63) is 70.3 Å². The van der Waals surface area contributed by atoms with Crippen LogP contribution in [0, 0.1) is 3.57 Å². The molecule has 1 heterocycles. The van der Waals surface area contributed by atoms with Gasteiger partial charge in [-0.15, -0.1) is 6.58 Å². The maximum atomic E-state index is 13.0. The monoisotopic (exact) mass is 629 g/mol. The summed E-state index contributed by atoms with van der Waals surface area (Å²) in [6.07, 6.45) is -10.1. The third kappa shape index (κ3) is 7.15. The fraction of sp³-hybridized carbons (Fsp3) is 0.364. The van der Waals surface area contributed by atoms with Crippen LogP contribution < -0.4 is 9.46 Å². The lowest BCUT2D eigenvalue weighted by Gasteiger charge is -2.42. The Balaban J connectivity index is 1.78. The Bertz CT molecular complexity index is 1110. The molecule has 1 fully saturated rings. The van der Waals surface area contributed by atoms with Crippen LogP contribution in [0.15, 0.2) is 66.1 Å². The van der Waals surface area contributed by atoms with Gasteiger partial charge in [0.2, 0.25) is 16.3 Å². The lowest BCUT2D eigenvalue weighted by atomic mass is 9.98. The van der Waals surface area contributed by atoms with Crippen molar-refractivity contribution < 1.29 is 46.0 Å². The molecule has 192 valence electrons. The van der Waals surface area contributed by atoms with E-state index in [4.69, 9.17) is 14.2 Å². The van der Waals surface area contributed by atoms with Crippen molar-refractivity contribution in [2.24, 2.45) is 0 Å². The zero-order valence-electron chi connectivity index (χ0n) is 18.1. The molecule has 0 aromatic heterocycles. The largest absolute Gasteiger partial charge is 0.462 e. The van der Waals surface area contributed by atoms with Gasteiger partial charge in [0.15, 0.2) is 0 Å². The number of ether oxygens (including phenoxy) is 3. The predicted molar refractivity (Wildman–Crippen MR) is 127 cm³/mol. The molecular weight excluding hydrogens is 606 g/mol. The SMILES string of the molecule is C=CCOC1C(O)C(CNS(=O)(=O)c2cccc(C(F)(F)F)c2)OC(Oc2ccc(I)cc2)C1O. The second-order valence-corrected chi connectivity index (χ2v) is 10.6. The Morgan fingerprint density at radius 2 is 1.83 bits per heavy atom. The van der Waals surface area contributed by atoms with Gasteiger partial charge in [0, 0.05) is 10.1 Å². The Morgan fingerprint density at radius 3 is 2.46 bits per heavy atom. The quantitative estimate of drug-likeness (QED) is 0.289. The van der Waals surface area contributed by atoms with Gasteiger partial charge in [-0.3, -0.25) is 0 Å². The van der Waals surface area contributed by atoms with Gasteiger partial charge in [0.25, 0.3) is 0 Å². The summed E-state index contributed by atoms with van der Waals surface area (Å²) in [6, 6.07) is 10.0. The summed E-state index contributed by atoms with van der Waals surface area (Å²) in [4.78, 5) is -0.608. The number of alkyl halides is 3. The molecule has 2 aromatic carbocycles. The lowest BCUT2D eigenvalue weighted by molar-refractivity contribution is -0.277. The number of aliphatic hydroxyl groups is 2. The van der Waals surface area contributed by atoms with Gasteiger partial charge >= 0.3 is 6.18 Å². The van der Waals surface area contributed by atoms with E-state index in [1.165, 1.54) is 6.08 Å². The van der Waals surface area contributed by atoms with Crippen LogP contribution in [0.3, 0.4) is 0 Å². The van der Waals surface area contributed by atoms with Crippen molar-refractivity contribution in [1.82, 2.24) is 4.72 Å². The number of aliphatic hydroxyl groups excluding tert-OH is 2. The van der Waals surface area contributed by atoms with Crippen molar-refractivity contribution >= 4 is 32.6 Å². The molecule has 0 aliphatic carbocycles. The first kappa shape index (κ1) is 27.8. The summed E-state index contributed by atoms with van der Waals surface area (Å²) in [5, 5.41) is 21.3. The summed E-state index contributed by atoms with van der Waals surface area (Å²) in [5.74, 6) is 0.344. The van der Waals surface area contributed by atoms with Crippen LogP contribution in [0.5, 0.6) is 5.75 Å². The summed E-state index contributed by atoms with van der Waals surface area (Å²) >= 11 is 2.10. The molecule has 13 heteroatoms. The molecule has 5 atom stereocenters. The maximum Gasteiger partial charge on any atom is 0.416 e. The van der Waals surface area contributed by atoms with E-state index in [-0.39, 0.29) is 6.61 Å². The molecule has 2 aromatic rings. The van der Waals surface area contributed by atoms with Gasteiger partial charge in [0.05, 0.1) is 17.1 Å². The normalized spacial score (nSPS) is 25.3. The van der Waals surface area contributed by atoms with Gasteiger partial charge in [-0.25, -0.2) is 13.1 Å². The van der Waals surface area contributed by atoms with Gasteiger partial charge in [-0.05, 0) is 65.1 Å². The van der Waals surface area contributed by atoms with Crippen LogP contribution in [0.2, 0.25) is 0 Å². The Labute approximate surface area is 213 Å². The summed E-state index contributed by atoms with van der Waals surface area (Å²) in [5.41, 5.74) is -1.12. The first-order chi connectivity index (χ1) is 16.4. The number of hydrogen-bond acceptors (Lipinski definition) is 7. The molecule has 0 saturated carbocycles. The lowest BCUT2D eigenvalue weighted by Crippen LogP contribution is -2.62. The second kappa shape index (κ2) is 11.5. The molecule has 5 unspecified atom stereocenters. The number of nitrogens with one attached hydrogen (secondary N) is 1. The molecule has 0 amide bonds. The number of rotatable bonds is 9. The molecule has 0 radical (unpaired) electrons. The van der Waals surface area contributed by atoms with Crippen LogP contribution in [-0.4, -0.2) is 62.5 Å². The van der Waals surface area contributed by atoms with Gasteiger partial charge < -0.3 is 24.4 Å². The highest BCUT2D eigenvalue weighted by atomic mass is 127. The zero-order chi connectivity index (χ0) is 25.8. The van der Waals surface area contributed by atoms with Crippen molar-refractivity contribution in [3.63, 3.8) is 0 Å². The van der Waals surface area contributed by atoms with Crippen molar-refractivity contribution in [1.29, 1.82) is 0 Å². The molecule has 8 nitrogen and oxygen atoms in total. The highest BCUT2D eigenvalue weighted by Gasteiger charge is 2.46. The standard InChI is InChI=1S/C22H23F3INO7S/c1-2-10-32-20-18(28)17(34-21(19(20)29)33-15-8-6-14(26)7-9-15)12-27-35(30,31)16-5-3-4-13(11-16)22(23,24)25/h2-9,11,17-21,27-29H,1,10,12H2. The van der Waals surface area contributed by atoms with Crippen molar-refractivity contribution in [3.8, 4) is 5.75 Å². The molecular formula is C22H23F3INO7S. The van der Waals surface area contributed by atoms with E-state index < -0.39 is 63.9 Å². The maximum absolute atomic E-state index is 13.0. The smallest absolute Gasteiger partial charge is 0.416 e. The van der Waals surface area contributed by atoms with Crippen LogP contribution in [0.1, 0.15) is 5.56 Å². The van der Waals surface area contributed by atoms with E-state index >= 15 is 0 Å². The average Bonchev–Trinajstić information content (AvgIpc) is 2.81. The highest BCUT2D eigenvalue weighted by molar-refractivity contribution is 14.1. The van der Waals surface area contributed by atoms with Crippen LogP contribution in [0.25, 0.3) is 0 Å². The van der Waals surface area contributed by atoms with E-state index in [0.29, 0.717) is 11.8 Å². The zero-order valence-corrected chi connectivity index (χ0v) is 21.0. The minimum atomic E-state index is -4.72. The molecule has 3 N–H and O–H groups in total. The van der Waals surface area contributed by atoms with Crippen LogP contribution in [-0.2, 0) is 25.7 Å². The van der Waals surface area contributed by atoms with Crippen molar-refractivity contribution in [2.75, 3.05) is 13.2 Å². The molecule has 1 aliphatic heterocycles. The van der Waals surface area contributed by atoms with E-state index in [0.717, 1.165) is 21.8 Å². The predicted octanol–water partition coefficient (Wildman–Crippen LogP) is 2.69. The molecule has 1 aliphatic rings. The minimum Gasteiger partial charge on any atom is -0.462 e. The topological polar surface area (TPSA) is 114 Å². The van der Waals surface area contributed by atoms with Crippen LogP contribution >= 0.6 is 22.6 Å². The summed E-state index contributed by atoms with van der Waals surface area (Å²) < 4.78 is 84.1. The molecule has 0 spiro atoms. The molecule has 3 rings (SSSR count). The second-order valence-electron chi connectivity index (χ2n) is 7.56. The first-order valence-electron chi connectivity index (χ1n) is 10.3. The number of halogens is 4. The van der Waals surface area contributed by atoms with E-state index in [2.05, 4.69) is 33.9 Å². The van der Waals surface area contributed by atoms with Gasteiger partial charge in [-0.1, -0.05) is 12.1 Å². The first-order valence-corrected chi connectivity index (χ1v) is 12.8. The Morgan fingerprint density at radius 1 is 1.14 bits per heavy atom. The van der Waals surface area contributed by atoms with Crippen LogP contribution in [0.4, 0.5) is 13.2 Å². The summed E-state index contributed by atoms with van der Waals surface area (Å²) in [7, 11) is -4.40. The third-order valence-electron chi connectivity index (χ3n) is 5.06. The fourth-order valence-corrected chi connectivity index (χ4v) is 4.76. The highest BCUT2D eigenvalue weighted by Crippen LogP contribution is 2.31. The Kier molecular flexibility index (Phi) is 9.17. The number of hydrogen-bond donors (Lipinski definition) is 3. The summed E-state index contributed by atoms with van der Waals surface area (Å²) in [6.45, 7) is 2.95.